The number of nitrogens with one attached hydrogen (secondary N) is 1. The van der Waals surface area contributed by atoms with Gasteiger partial charge in [-0.2, -0.15) is 4.98 Å². The third-order valence-electron chi connectivity index (χ3n) is 6.32. The third kappa shape index (κ3) is 3.05. The number of nitrogens with zero attached hydrogens (tertiary/aromatic N) is 2. The lowest BCUT2D eigenvalue weighted by Crippen LogP contribution is -2.44. The Balaban J connectivity index is 1.51. The minimum absolute atomic E-state index is 0.296. The molecule has 6 heteroatoms. The second-order valence-corrected chi connectivity index (χ2v) is 8.19. The lowest BCUT2D eigenvalue weighted by Gasteiger charge is -2.35. The third-order valence-corrected chi connectivity index (χ3v) is 6.32. The Hall–Kier alpha value is -2.47. The SMILES string of the molecule is Cc1nc(C2(NCc3cc(=O)oc4cc5c(cc34)CCC5)CCCCC2)no1. The first-order valence-electron chi connectivity index (χ1n) is 10.3. The molecule has 2 aliphatic rings. The second-order valence-electron chi connectivity index (χ2n) is 8.19. The van der Waals surface area contributed by atoms with Crippen LogP contribution in [0, 0.1) is 6.92 Å². The van der Waals surface area contributed by atoms with Crippen LogP contribution in [-0.4, -0.2) is 10.1 Å². The van der Waals surface area contributed by atoms with Crippen molar-refractivity contribution in [3.05, 3.63) is 57.0 Å². The number of rotatable bonds is 4. The first kappa shape index (κ1) is 17.6. The largest absolute Gasteiger partial charge is 0.423 e. The quantitative estimate of drug-likeness (QED) is 0.692. The molecule has 0 amide bonds. The van der Waals surface area contributed by atoms with Crippen molar-refractivity contribution in [2.24, 2.45) is 0 Å². The minimum atomic E-state index is -0.297. The van der Waals surface area contributed by atoms with E-state index >= 15 is 0 Å². The summed E-state index contributed by atoms with van der Waals surface area (Å²) in [4.78, 5) is 16.7. The van der Waals surface area contributed by atoms with E-state index in [4.69, 9.17) is 8.94 Å². The lowest BCUT2D eigenvalue weighted by atomic mass is 9.80. The van der Waals surface area contributed by atoms with Gasteiger partial charge in [0.05, 0.1) is 5.54 Å². The first-order valence-corrected chi connectivity index (χ1v) is 10.3. The average molecular weight is 379 g/mol. The molecule has 2 aromatic heterocycles. The Morgan fingerprint density at radius 3 is 2.61 bits per heavy atom. The van der Waals surface area contributed by atoms with E-state index in [0.29, 0.717) is 18.0 Å². The molecule has 0 saturated heterocycles. The molecule has 5 rings (SSSR count). The normalized spacial score (nSPS) is 18.5. The van der Waals surface area contributed by atoms with Crippen LogP contribution in [0.2, 0.25) is 0 Å². The van der Waals surface area contributed by atoms with Crippen molar-refractivity contribution >= 4 is 11.0 Å². The Kier molecular flexibility index (Phi) is 4.31. The van der Waals surface area contributed by atoms with Crippen molar-refractivity contribution in [3.63, 3.8) is 0 Å². The summed E-state index contributed by atoms with van der Waals surface area (Å²) in [7, 11) is 0. The van der Waals surface area contributed by atoms with Gasteiger partial charge in [-0.3, -0.25) is 0 Å². The Labute approximate surface area is 163 Å². The van der Waals surface area contributed by atoms with Gasteiger partial charge in [-0.25, -0.2) is 4.79 Å². The second kappa shape index (κ2) is 6.85. The zero-order valence-electron chi connectivity index (χ0n) is 16.2. The van der Waals surface area contributed by atoms with E-state index in [2.05, 4.69) is 27.6 Å². The summed E-state index contributed by atoms with van der Waals surface area (Å²) in [6, 6.07) is 5.89. The number of aryl methyl sites for hydroxylation is 3. The fraction of sp³-hybridized carbons (Fsp3) is 0.500. The lowest BCUT2D eigenvalue weighted by molar-refractivity contribution is 0.211. The van der Waals surface area contributed by atoms with E-state index in [0.717, 1.165) is 55.3 Å². The highest BCUT2D eigenvalue weighted by molar-refractivity contribution is 5.82. The van der Waals surface area contributed by atoms with Crippen molar-refractivity contribution in [1.82, 2.24) is 15.5 Å². The van der Waals surface area contributed by atoms with Crippen molar-refractivity contribution in [2.75, 3.05) is 0 Å². The highest BCUT2D eigenvalue weighted by Gasteiger charge is 2.37. The van der Waals surface area contributed by atoms with E-state index in [1.54, 1.807) is 6.07 Å². The van der Waals surface area contributed by atoms with Crippen molar-refractivity contribution in [3.8, 4) is 0 Å². The molecule has 28 heavy (non-hydrogen) atoms. The number of benzene rings is 1. The Bertz CT molecular complexity index is 1080. The molecule has 0 spiro atoms. The minimum Gasteiger partial charge on any atom is -0.423 e. The average Bonchev–Trinajstić information content (AvgIpc) is 3.34. The molecule has 0 radical (unpaired) electrons. The first-order chi connectivity index (χ1) is 13.6. The molecular weight excluding hydrogens is 354 g/mol. The van der Waals surface area contributed by atoms with Crippen LogP contribution in [0.3, 0.4) is 0 Å². The topological polar surface area (TPSA) is 81.2 Å². The van der Waals surface area contributed by atoms with Crippen molar-refractivity contribution in [1.29, 1.82) is 0 Å². The van der Waals surface area contributed by atoms with E-state index in [1.165, 1.54) is 24.0 Å². The van der Waals surface area contributed by atoms with Crippen molar-refractivity contribution in [2.45, 2.75) is 70.4 Å². The van der Waals surface area contributed by atoms with Crippen LogP contribution in [0.4, 0.5) is 0 Å². The van der Waals surface area contributed by atoms with Gasteiger partial charge in [0.25, 0.3) is 0 Å². The van der Waals surface area contributed by atoms with E-state index < -0.39 is 0 Å². The summed E-state index contributed by atoms with van der Waals surface area (Å²) in [5.41, 5.74) is 3.77. The summed E-state index contributed by atoms with van der Waals surface area (Å²) in [5.74, 6) is 1.32. The summed E-state index contributed by atoms with van der Waals surface area (Å²) >= 11 is 0. The summed E-state index contributed by atoms with van der Waals surface area (Å²) in [5, 5.41) is 8.96. The predicted molar refractivity (Wildman–Crippen MR) is 105 cm³/mol. The van der Waals surface area contributed by atoms with E-state index in [9.17, 15) is 4.79 Å². The van der Waals surface area contributed by atoms with E-state index in [1.807, 2.05) is 6.92 Å². The van der Waals surface area contributed by atoms with Crippen molar-refractivity contribution < 1.29 is 8.94 Å². The molecule has 0 aliphatic heterocycles. The Morgan fingerprint density at radius 2 is 1.86 bits per heavy atom. The van der Waals surface area contributed by atoms with Crippen LogP contribution in [0.25, 0.3) is 11.0 Å². The molecule has 1 aromatic carbocycles. The van der Waals surface area contributed by atoms with Gasteiger partial charge in [0.1, 0.15) is 5.58 Å². The molecule has 1 N–H and O–H groups in total. The maximum Gasteiger partial charge on any atom is 0.336 e. The Morgan fingerprint density at radius 1 is 1.07 bits per heavy atom. The fourth-order valence-electron chi connectivity index (χ4n) is 4.83. The van der Waals surface area contributed by atoms with Crippen LogP contribution in [0.15, 0.2) is 31.9 Å². The highest BCUT2D eigenvalue weighted by Crippen LogP contribution is 2.36. The summed E-state index contributed by atoms with van der Waals surface area (Å²) in [6.07, 6.45) is 8.77. The van der Waals surface area contributed by atoms with E-state index in [-0.39, 0.29) is 11.2 Å². The zero-order chi connectivity index (χ0) is 19.1. The molecule has 0 bridgehead atoms. The molecule has 0 atom stereocenters. The number of aromatic nitrogens is 2. The predicted octanol–water partition coefficient (Wildman–Crippen LogP) is 3.92. The smallest absolute Gasteiger partial charge is 0.336 e. The number of hydrogen-bond donors (Lipinski definition) is 1. The summed E-state index contributed by atoms with van der Waals surface area (Å²) < 4.78 is 10.8. The molecule has 2 aliphatic carbocycles. The zero-order valence-corrected chi connectivity index (χ0v) is 16.2. The molecular formula is C22H25N3O3. The number of hydrogen-bond acceptors (Lipinski definition) is 6. The maximum absolute atomic E-state index is 12.2. The highest BCUT2D eigenvalue weighted by atomic mass is 16.5. The van der Waals surface area contributed by atoms with Gasteiger partial charge >= 0.3 is 5.63 Å². The maximum atomic E-state index is 12.2. The van der Waals surface area contributed by atoms with Gasteiger partial charge in [-0.1, -0.05) is 24.4 Å². The number of fused-ring (bicyclic) bond motifs is 2. The molecule has 1 saturated carbocycles. The van der Waals surface area contributed by atoms with Gasteiger partial charge in [0.2, 0.25) is 5.89 Å². The molecule has 146 valence electrons. The molecule has 0 unspecified atom stereocenters. The van der Waals surface area contributed by atoms with Crippen LogP contribution >= 0.6 is 0 Å². The molecule has 3 aromatic rings. The van der Waals surface area contributed by atoms with Gasteiger partial charge in [0, 0.05) is 24.9 Å². The van der Waals surface area contributed by atoms with Crippen LogP contribution < -0.4 is 10.9 Å². The van der Waals surface area contributed by atoms with Crippen LogP contribution in [0.5, 0.6) is 0 Å². The molecule has 1 fully saturated rings. The standard InChI is InChI=1S/C22H25N3O3/c1-14-24-21(25-28-14)22(8-3-2-4-9-22)23-13-17-12-20(26)27-19-11-16-7-5-6-15(16)10-18(17)19/h10-12,23H,2-9,13H2,1H3. The monoisotopic (exact) mass is 379 g/mol. The van der Waals surface area contributed by atoms with Gasteiger partial charge < -0.3 is 14.3 Å². The van der Waals surface area contributed by atoms with Crippen LogP contribution in [-0.2, 0) is 24.9 Å². The van der Waals surface area contributed by atoms with Crippen LogP contribution in [0.1, 0.15) is 66.9 Å². The van der Waals surface area contributed by atoms with Gasteiger partial charge in [-0.15, -0.1) is 0 Å². The summed E-state index contributed by atoms with van der Waals surface area (Å²) in [6.45, 7) is 2.40. The molecule has 2 heterocycles. The van der Waals surface area contributed by atoms with Gasteiger partial charge in [0.15, 0.2) is 5.82 Å². The van der Waals surface area contributed by atoms with Gasteiger partial charge in [-0.05, 0) is 60.9 Å². The molecule has 6 nitrogen and oxygen atoms in total. The fourth-order valence-corrected chi connectivity index (χ4v) is 4.83.